The number of allylic oxidation sites excluding steroid dienone is 2. The minimum Gasteiger partial charge on any atom is -0.350 e. The van der Waals surface area contributed by atoms with Gasteiger partial charge in [0.15, 0.2) is 5.79 Å². The van der Waals surface area contributed by atoms with Gasteiger partial charge in [-0.25, -0.2) is 0 Å². The van der Waals surface area contributed by atoms with E-state index in [-0.39, 0.29) is 5.79 Å². The van der Waals surface area contributed by atoms with Crippen molar-refractivity contribution in [2.75, 3.05) is 13.2 Å². The molecule has 0 aromatic rings. The quantitative estimate of drug-likeness (QED) is 0.622. The largest absolute Gasteiger partial charge is 0.350 e. The minimum atomic E-state index is -0.364. The SMILES string of the molecule is CC1(C)OCC2(CO1)CC1=CC3C4C5CC3C1(C2)C54. The molecule has 2 nitrogen and oxygen atoms in total. The molecule has 1 heterocycles. The molecule has 5 saturated carbocycles. The van der Waals surface area contributed by atoms with E-state index < -0.39 is 0 Å². The summed E-state index contributed by atoms with van der Waals surface area (Å²) in [5.41, 5.74) is 2.78. The van der Waals surface area contributed by atoms with E-state index in [2.05, 4.69) is 6.08 Å². The summed E-state index contributed by atoms with van der Waals surface area (Å²) in [5.74, 6) is 4.95. The van der Waals surface area contributed by atoms with Gasteiger partial charge in [-0.3, -0.25) is 0 Å². The zero-order valence-electron chi connectivity index (χ0n) is 11.8. The Bertz CT molecular complexity index is 523. The van der Waals surface area contributed by atoms with Crippen molar-refractivity contribution in [1.29, 1.82) is 0 Å². The Morgan fingerprint density at radius 2 is 2.00 bits per heavy atom. The molecule has 6 unspecified atom stereocenters. The lowest BCUT2D eigenvalue weighted by Gasteiger charge is -2.42. The van der Waals surface area contributed by atoms with Crippen LogP contribution in [0.25, 0.3) is 0 Å². The fourth-order valence-corrected chi connectivity index (χ4v) is 7.16. The van der Waals surface area contributed by atoms with Crippen LogP contribution in [0.1, 0.15) is 33.1 Å². The van der Waals surface area contributed by atoms with Crippen molar-refractivity contribution >= 4 is 0 Å². The second-order valence-corrected chi connectivity index (χ2v) is 8.75. The van der Waals surface area contributed by atoms with E-state index in [1.165, 1.54) is 12.8 Å². The molecule has 102 valence electrons. The molecule has 1 aliphatic heterocycles. The van der Waals surface area contributed by atoms with Gasteiger partial charge in [-0.2, -0.15) is 0 Å². The van der Waals surface area contributed by atoms with Crippen molar-refractivity contribution < 1.29 is 9.47 Å². The van der Waals surface area contributed by atoms with Gasteiger partial charge in [-0.05, 0) is 68.1 Å². The molecule has 6 atom stereocenters. The Labute approximate surface area is 114 Å². The molecule has 19 heavy (non-hydrogen) atoms. The van der Waals surface area contributed by atoms with Gasteiger partial charge in [0.25, 0.3) is 0 Å². The maximum absolute atomic E-state index is 6.02. The normalized spacial score (nSPS) is 60.5. The highest BCUT2D eigenvalue weighted by atomic mass is 16.7. The number of ether oxygens (including phenoxy) is 2. The summed E-state index contributed by atoms with van der Waals surface area (Å²) in [7, 11) is 0. The van der Waals surface area contributed by atoms with Gasteiger partial charge in [0, 0.05) is 5.41 Å². The molecular weight excluding hydrogens is 236 g/mol. The van der Waals surface area contributed by atoms with E-state index in [1.807, 2.05) is 19.4 Å². The van der Waals surface area contributed by atoms with Gasteiger partial charge in [0.05, 0.1) is 13.2 Å². The molecule has 2 heteroatoms. The van der Waals surface area contributed by atoms with Crippen LogP contribution >= 0.6 is 0 Å². The molecule has 6 aliphatic carbocycles. The lowest BCUT2D eigenvalue weighted by atomic mass is 9.73. The maximum Gasteiger partial charge on any atom is 0.162 e. The first kappa shape index (κ1) is 10.4. The summed E-state index contributed by atoms with van der Waals surface area (Å²) < 4.78 is 12.0. The molecule has 0 radical (unpaired) electrons. The zero-order chi connectivity index (χ0) is 12.6. The van der Waals surface area contributed by atoms with Gasteiger partial charge >= 0.3 is 0 Å². The molecule has 6 fully saturated rings. The van der Waals surface area contributed by atoms with Crippen molar-refractivity contribution in [2.24, 2.45) is 40.4 Å². The molecule has 0 aromatic heterocycles. The second-order valence-electron chi connectivity index (χ2n) is 8.75. The standard InChI is InChI=1S/C17H22O2/c1-15(2)18-7-16(8-19-15)5-9-3-10-12-4-11-13(10)14(11)17(9,12)6-16/h3,10-14H,4-8H2,1-2H3. The first-order valence-electron chi connectivity index (χ1n) is 8.04. The molecule has 0 N–H and O–H groups in total. The van der Waals surface area contributed by atoms with Crippen LogP contribution in [-0.2, 0) is 9.47 Å². The Hall–Kier alpha value is -0.340. The fourth-order valence-electron chi connectivity index (χ4n) is 7.16. The summed E-state index contributed by atoms with van der Waals surface area (Å²) in [6.45, 7) is 5.93. The Kier molecular flexibility index (Phi) is 1.41. The van der Waals surface area contributed by atoms with Crippen molar-refractivity contribution in [3.05, 3.63) is 11.6 Å². The van der Waals surface area contributed by atoms with E-state index in [4.69, 9.17) is 9.47 Å². The predicted octanol–water partition coefficient (Wildman–Crippen LogP) is 2.99. The van der Waals surface area contributed by atoms with Gasteiger partial charge in [0.2, 0.25) is 0 Å². The molecule has 7 rings (SSSR count). The lowest BCUT2D eigenvalue weighted by molar-refractivity contribution is -0.285. The van der Waals surface area contributed by atoms with Crippen molar-refractivity contribution in [2.45, 2.75) is 38.9 Å². The highest BCUT2D eigenvalue weighted by molar-refractivity contribution is 5.47. The second kappa shape index (κ2) is 2.57. The molecular formula is C17H22O2. The number of hydrogen-bond donors (Lipinski definition) is 0. The van der Waals surface area contributed by atoms with Crippen LogP contribution in [0.3, 0.4) is 0 Å². The summed E-state index contributed by atoms with van der Waals surface area (Å²) in [6.07, 6.45) is 6.89. The van der Waals surface area contributed by atoms with Crippen LogP contribution in [0.4, 0.5) is 0 Å². The van der Waals surface area contributed by atoms with Crippen LogP contribution in [0.2, 0.25) is 0 Å². The van der Waals surface area contributed by atoms with Crippen molar-refractivity contribution in [1.82, 2.24) is 0 Å². The summed E-state index contributed by atoms with van der Waals surface area (Å²) in [6, 6.07) is 0. The van der Waals surface area contributed by atoms with Crippen LogP contribution in [-0.4, -0.2) is 19.0 Å². The highest BCUT2D eigenvalue weighted by Gasteiger charge is 2.84. The van der Waals surface area contributed by atoms with E-state index in [1.54, 1.807) is 6.42 Å². The fraction of sp³-hybridized carbons (Fsp3) is 0.882. The summed E-state index contributed by atoms with van der Waals surface area (Å²) in [5, 5.41) is 0. The summed E-state index contributed by atoms with van der Waals surface area (Å²) >= 11 is 0. The molecule has 6 bridgehead atoms. The van der Waals surface area contributed by atoms with Crippen LogP contribution in [0, 0.1) is 40.4 Å². The van der Waals surface area contributed by atoms with Gasteiger partial charge in [-0.15, -0.1) is 0 Å². The lowest BCUT2D eigenvalue weighted by Crippen LogP contribution is -2.46. The van der Waals surface area contributed by atoms with Crippen LogP contribution in [0.5, 0.6) is 0 Å². The third-order valence-corrected chi connectivity index (χ3v) is 7.60. The van der Waals surface area contributed by atoms with Crippen molar-refractivity contribution in [3.63, 3.8) is 0 Å². The molecule has 0 aromatic carbocycles. The van der Waals surface area contributed by atoms with E-state index >= 15 is 0 Å². The average Bonchev–Trinajstić information content (AvgIpc) is 2.71. The number of hydrogen-bond acceptors (Lipinski definition) is 2. The Morgan fingerprint density at radius 1 is 1.21 bits per heavy atom. The van der Waals surface area contributed by atoms with Crippen LogP contribution < -0.4 is 0 Å². The van der Waals surface area contributed by atoms with E-state index in [0.29, 0.717) is 10.8 Å². The highest BCUT2D eigenvalue weighted by Crippen LogP contribution is 2.89. The Balaban J connectivity index is 1.39. The molecule has 0 amide bonds. The maximum atomic E-state index is 6.02. The van der Waals surface area contributed by atoms with E-state index in [9.17, 15) is 0 Å². The third kappa shape index (κ3) is 0.919. The van der Waals surface area contributed by atoms with Gasteiger partial charge < -0.3 is 9.47 Å². The number of rotatable bonds is 0. The molecule has 1 saturated heterocycles. The van der Waals surface area contributed by atoms with Crippen LogP contribution in [0.15, 0.2) is 11.6 Å². The Morgan fingerprint density at radius 3 is 2.68 bits per heavy atom. The topological polar surface area (TPSA) is 18.5 Å². The average molecular weight is 258 g/mol. The minimum absolute atomic E-state index is 0.316. The van der Waals surface area contributed by atoms with E-state index in [0.717, 1.165) is 42.8 Å². The zero-order valence-corrected chi connectivity index (χ0v) is 11.8. The first-order valence-corrected chi connectivity index (χ1v) is 8.04. The predicted molar refractivity (Wildman–Crippen MR) is 70.2 cm³/mol. The van der Waals surface area contributed by atoms with Crippen molar-refractivity contribution in [3.8, 4) is 0 Å². The monoisotopic (exact) mass is 258 g/mol. The summed E-state index contributed by atoms with van der Waals surface area (Å²) in [4.78, 5) is 0. The molecule has 2 spiro atoms. The van der Waals surface area contributed by atoms with Gasteiger partial charge in [-0.1, -0.05) is 11.6 Å². The smallest absolute Gasteiger partial charge is 0.162 e. The third-order valence-electron chi connectivity index (χ3n) is 7.60. The molecule has 7 aliphatic rings. The van der Waals surface area contributed by atoms with Gasteiger partial charge in [0.1, 0.15) is 0 Å². The first-order chi connectivity index (χ1) is 9.05.